The summed E-state index contributed by atoms with van der Waals surface area (Å²) < 4.78 is 15.2. The van der Waals surface area contributed by atoms with Crippen molar-refractivity contribution in [1.29, 1.82) is 0 Å². The van der Waals surface area contributed by atoms with Crippen LogP contribution in [0.2, 0.25) is 0 Å². The number of hydrogen-bond acceptors (Lipinski definition) is 4. The molecule has 1 amide bonds. The number of carboxylic acid groups (broad SMARTS) is 1. The van der Waals surface area contributed by atoms with Gasteiger partial charge in [-0.25, -0.2) is 9.18 Å². The van der Waals surface area contributed by atoms with Crippen LogP contribution in [0.5, 0.6) is 0 Å². The van der Waals surface area contributed by atoms with Gasteiger partial charge in [-0.1, -0.05) is 18.2 Å². The van der Waals surface area contributed by atoms with Crippen LogP contribution in [0.15, 0.2) is 47.3 Å². The summed E-state index contributed by atoms with van der Waals surface area (Å²) in [6.45, 7) is -0.554. The number of amides is 1. The summed E-state index contributed by atoms with van der Waals surface area (Å²) in [4.78, 5) is 36.4. The molecule has 0 aliphatic carbocycles. The topological polar surface area (TPSA) is 92.5 Å². The molecule has 124 valence electrons. The Kier molecular flexibility index (Phi) is 3.88. The summed E-state index contributed by atoms with van der Waals surface area (Å²) in [6.07, 6.45) is -0.271. The standard InChI is InChI=1S/C16H14FN3O4/c17-16(15(23)24)8-9-19(10-16)14(22)12-6-7-13(21)20(18-12)11-4-2-1-3-5-11/h1-7H,8-10H2,(H,23,24). The highest BCUT2D eigenvalue weighted by Crippen LogP contribution is 2.26. The number of carbonyl (C=O) groups is 2. The highest BCUT2D eigenvalue weighted by molar-refractivity contribution is 5.93. The average molecular weight is 331 g/mol. The Balaban J connectivity index is 1.90. The summed E-state index contributed by atoms with van der Waals surface area (Å²) in [5.74, 6) is -2.19. The summed E-state index contributed by atoms with van der Waals surface area (Å²) in [7, 11) is 0. The molecule has 1 aliphatic heterocycles. The van der Waals surface area contributed by atoms with Gasteiger partial charge in [-0.3, -0.25) is 9.59 Å². The van der Waals surface area contributed by atoms with Crippen molar-refractivity contribution in [3.8, 4) is 5.69 Å². The summed E-state index contributed by atoms with van der Waals surface area (Å²) in [5, 5.41) is 12.9. The van der Waals surface area contributed by atoms with Crippen LogP contribution in [0.4, 0.5) is 4.39 Å². The Morgan fingerprint density at radius 2 is 1.88 bits per heavy atom. The number of carboxylic acids is 1. The van der Waals surface area contributed by atoms with Crippen molar-refractivity contribution < 1.29 is 19.1 Å². The van der Waals surface area contributed by atoms with E-state index >= 15 is 0 Å². The Morgan fingerprint density at radius 3 is 2.50 bits per heavy atom. The van der Waals surface area contributed by atoms with Gasteiger partial charge >= 0.3 is 5.97 Å². The van der Waals surface area contributed by atoms with Gasteiger partial charge in [0.2, 0.25) is 5.67 Å². The van der Waals surface area contributed by atoms with Gasteiger partial charge in [0.15, 0.2) is 0 Å². The second-order valence-corrected chi connectivity index (χ2v) is 5.55. The molecular formula is C16H14FN3O4. The molecule has 1 N–H and O–H groups in total. The summed E-state index contributed by atoms with van der Waals surface area (Å²) >= 11 is 0. The largest absolute Gasteiger partial charge is 0.479 e. The first-order valence-corrected chi connectivity index (χ1v) is 7.28. The van der Waals surface area contributed by atoms with E-state index in [0.717, 1.165) is 9.58 Å². The molecule has 1 saturated heterocycles. The van der Waals surface area contributed by atoms with Gasteiger partial charge in [-0.05, 0) is 18.2 Å². The molecule has 0 saturated carbocycles. The van der Waals surface area contributed by atoms with E-state index in [1.54, 1.807) is 30.3 Å². The van der Waals surface area contributed by atoms with Crippen LogP contribution in [-0.4, -0.2) is 50.4 Å². The SMILES string of the molecule is O=C(c1ccc(=O)n(-c2ccccc2)n1)N1CCC(F)(C(=O)O)C1. The number of para-hydroxylation sites is 1. The third-order valence-corrected chi connectivity index (χ3v) is 3.91. The lowest BCUT2D eigenvalue weighted by Gasteiger charge is -2.17. The van der Waals surface area contributed by atoms with Crippen LogP contribution in [-0.2, 0) is 4.79 Å². The van der Waals surface area contributed by atoms with Crippen LogP contribution in [0.1, 0.15) is 16.9 Å². The normalized spacial score (nSPS) is 20.1. The predicted molar refractivity (Wildman–Crippen MR) is 81.8 cm³/mol. The fourth-order valence-corrected chi connectivity index (χ4v) is 2.56. The minimum Gasteiger partial charge on any atom is -0.479 e. The van der Waals surface area contributed by atoms with Crippen molar-refractivity contribution in [3.05, 3.63) is 58.5 Å². The first kappa shape index (κ1) is 15.9. The maximum absolute atomic E-state index is 14.1. The average Bonchev–Trinajstić information content (AvgIpc) is 2.99. The molecule has 7 nitrogen and oxygen atoms in total. The fraction of sp³-hybridized carbons (Fsp3) is 0.250. The zero-order valence-electron chi connectivity index (χ0n) is 12.6. The monoisotopic (exact) mass is 331 g/mol. The van der Waals surface area contributed by atoms with Gasteiger partial charge in [0.05, 0.1) is 12.2 Å². The van der Waals surface area contributed by atoms with Crippen molar-refractivity contribution in [2.24, 2.45) is 0 Å². The first-order valence-electron chi connectivity index (χ1n) is 7.28. The zero-order valence-corrected chi connectivity index (χ0v) is 12.6. The van der Waals surface area contributed by atoms with Crippen LogP contribution in [0, 0.1) is 0 Å². The van der Waals surface area contributed by atoms with Crippen LogP contribution >= 0.6 is 0 Å². The second-order valence-electron chi connectivity index (χ2n) is 5.55. The van der Waals surface area contributed by atoms with Crippen LogP contribution < -0.4 is 5.56 Å². The van der Waals surface area contributed by atoms with E-state index < -0.39 is 29.6 Å². The van der Waals surface area contributed by atoms with Gasteiger partial charge < -0.3 is 10.0 Å². The molecule has 1 aromatic heterocycles. The van der Waals surface area contributed by atoms with Gasteiger partial charge in [0, 0.05) is 19.0 Å². The number of rotatable bonds is 3. The van der Waals surface area contributed by atoms with E-state index in [2.05, 4.69) is 5.10 Å². The number of alkyl halides is 1. The lowest BCUT2D eigenvalue weighted by molar-refractivity contribution is -0.149. The van der Waals surface area contributed by atoms with E-state index in [4.69, 9.17) is 5.11 Å². The molecule has 0 spiro atoms. The van der Waals surface area contributed by atoms with Gasteiger partial charge in [-0.2, -0.15) is 9.78 Å². The Labute approximate surface area is 135 Å². The van der Waals surface area contributed by atoms with Crippen molar-refractivity contribution in [1.82, 2.24) is 14.7 Å². The number of benzene rings is 1. The maximum Gasteiger partial charge on any atom is 0.343 e. The van der Waals surface area contributed by atoms with Crippen molar-refractivity contribution in [3.63, 3.8) is 0 Å². The molecule has 1 fully saturated rings. The number of halogens is 1. The Hall–Kier alpha value is -3.03. The fourth-order valence-electron chi connectivity index (χ4n) is 2.56. The third kappa shape index (κ3) is 2.78. The van der Waals surface area contributed by atoms with E-state index in [0.29, 0.717) is 5.69 Å². The zero-order chi connectivity index (χ0) is 17.3. The smallest absolute Gasteiger partial charge is 0.343 e. The molecule has 3 rings (SSSR count). The molecule has 1 atom stereocenters. The number of nitrogens with zero attached hydrogens (tertiary/aromatic N) is 3. The first-order chi connectivity index (χ1) is 11.4. The summed E-state index contributed by atoms with van der Waals surface area (Å²) in [6, 6.07) is 11.0. The Bertz CT molecular complexity index is 852. The molecule has 8 heteroatoms. The van der Waals surface area contributed by atoms with Crippen LogP contribution in [0.3, 0.4) is 0 Å². The molecule has 0 radical (unpaired) electrons. The van der Waals surface area contributed by atoms with Gasteiger partial charge in [0.1, 0.15) is 5.69 Å². The summed E-state index contributed by atoms with van der Waals surface area (Å²) in [5.41, 5.74) is -2.41. The molecule has 1 unspecified atom stereocenters. The van der Waals surface area contributed by atoms with Crippen molar-refractivity contribution in [2.45, 2.75) is 12.1 Å². The molecule has 1 aliphatic rings. The van der Waals surface area contributed by atoms with Crippen molar-refractivity contribution in [2.75, 3.05) is 13.1 Å². The maximum atomic E-state index is 14.1. The quantitative estimate of drug-likeness (QED) is 0.901. The lowest BCUT2D eigenvalue weighted by Crippen LogP contribution is -2.39. The molecule has 2 heterocycles. The van der Waals surface area contributed by atoms with Crippen molar-refractivity contribution >= 4 is 11.9 Å². The van der Waals surface area contributed by atoms with Gasteiger partial charge in [0.25, 0.3) is 11.5 Å². The van der Waals surface area contributed by atoms with E-state index in [-0.39, 0.29) is 18.7 Å². The number of hydrogen-bond donors (Lipinski definition) is 1. The third-order valence-electron chi connectivity index (χ3n) is 3.91. The number of carbonyl (C=O) groups excluding carboxylic acids is 1. The molecule has 0 bridgehead atoms. The number of likely N-dealkylation sites (tertiary alicyclic amines) is 1. The van der Waals surface area contributed by atoms with Crippen LogP contribution in [0.25, 0.3) is 5.69 Å². The van der Waals surface area contributed by atoms with E-state index in [1.807, 2.05) is 0 Å². The molecule has 2 aromatic rings. The molecular weight excluding hydrogens is 317 g/mol. The molecule has 24 heavy (non-hydrogen) atoms. The number of aromatic nitrogens is 2. The second kappa shape index (κ2) is 5.88. The van der Waals surface area contributed by atoms with E-state index in [9.17, 15) is 18.8 Å². The highest BCUT2D eigenvalue weighted by Gasteiger charge is 2.47. The lowest BCUT2D eigenvalue weighted by atomic mass is 10.1. The number of aliphatic carboxylic acids is 1. The minimum atomic E-state index is -2.44. The Morgan fingerprint density at radius 1 is 1.17 bits per heavy atom. The highest BCUT2D eigenvalue weighted by atomic mass is 19.1. The van der Waals surface area contributed by atoms with E-state index in [1.165, 1.54) is 12.1 Å². The minimum absolute atomic E-state index is 0.0201. The predicted octanol–water partition coefficient (Wildman–Crippen LogP) is 0.871. The molecule has 1 aromatic carbocycles. The van der Waals surface area contributed by atoms with Gasteiger partial charge in [-0.15, -0.1) is 0 Å².